The van der Waals surface area contributed by atoms with Gasteiger partial charge in [0.25, 0.3) is 5.91 Å². The van der Waals surface area contributed by atoms with Gasteiger partial charge in [-0.3, -0.25) is 4.79 Å². The Balaban J connectivity index is 1.49. The van der Waals surface area contributed by atoms with E-state index in [9.17, 15) is 4.79 Å². The van der Waals surface area contributed by atoms with Crippen LogP contribution in [0.1, 0.15) is 18.4 Å². The Morgan fingerprint density at radius 1 is 1.17 bits per heavy atom. The van der Waals surface area contributed by atoms with Crippen LogP contribution in [0.3, 0.4) is 0 Å². The zero-order chi connectivity index (χ0) is 16.5. The summed E-state index contributed by atoms with van der Waals surface area (Å²) >= 11 is 6.01. The first-order valence-electron chi connectivity index (χ1n) is 8.30. The van der Waals surface area contributed by atoms with Crippen molar-refractivity contribution in [2.75, 3.05) is 23.3 Å². The summed E-state index contributed by atoms with van der Waals surface area (Å²) in [5.74, 6) is 0.626. The summed E-state index contributed by atoms with van der Waals surface area (Å²) < 4.78 is 5.78. The second-order valence-electron chi connectivity index (χ2n) is 6.26. The minimum atomic E-state index is -0.509. The van der Waals surface area contributed by atoms with Crippen molar-refractivity contribution >= 4 is 28.9 Å². The maximum Gasteiger partial charge on any atom is 0.265 e. The molecular weight excluding hydrogens is 324 g/mol. The van der Waals surface area contributed by atoms with Gasteiger partial charge in [0.05, 0.1) is 11.4 Å². The van der Waals surface area contributed by atoms with Gasteiger partial charge >= 0.3 is 0 Å². The Bertz CT molecular complexity index is 772. The lowest BCUT2D eigenvalue weighted by Gasteiger charge is -2.22. The summed E-state index contributed by atoms with van der Waals surface area (Å²) in [5.41, 5.74) is 2.92. The van der Waals surface area contributed by atoms with E-state index < -0.39 is 6.10 Å². The van der Waals surface area contributed by atoms with Gasteiger partial charge in [0.15, 0.2) is 6.10 Å². The van der Waals surface area contributed by atoms with E-state index >= 15 is 0 Å². The number of carbonyl (C=O) groups is 1. The topological polar surface area (TPSA) is 41.6 Å². The predicted molar refractivity (Wildman–Crippen MR) is 96.1 cm³/mol. The van der Waals surface area contributed by atoms with Crippen molar-refractivity contribution in [1.82, 2.24) is 0 Å². The van der Waals surface area contributed by atoms with Gasteiger partial charge in [-0.05, 0) is 48.7 Å². The molecule has 0 saturated carbocycles. The van der Waals surface area contributed by atoms with Crippen molar-refractivity contribution in [2.45, 2.75) is 25.4 Å². The number of halogens is 1. The molecule has 0 aromatic heterocycles. The third-order valence-electron chi connectivity index (χ3n) is 4.60. The van der Waals surface area contributed by atoms with Gasteiger partial charge in [0.2, 0.25) is 0 Å². The number of fused-ring (bicyclic) bond motifs is 1. The number of rotatable bonds is 3. The first kappa shape index (κ1) is 15.3. The Morgan fingerprint density at radius 2 is 1.96 bits per heavy atom. The number of para-hydroxylation sites is 2. The van der Waals surface area contributed by atoms with E-state index in [-0.39, 0.29) is 5.91 Å². The zero-order valence-corrected chi connectivity index (χ0v) is 14.1. The minimum absolute atomic E-state index is 0.117. The smallest absolute Gasteiger partial charge is 0.265 e. The molecule has 5 heteroatoms. The number of nitrogens with zero attached hydrogens (tertiary/aromatic N) is 1. The summed E-state index contributed by atoms with van der Waals surface area (Å²) in [6.07, 6.45) is 2.44. The van der Waals surface area contributed by atoms with Crippen LogP contribution in [0, 0.1) is 0 Å². The number of ether oxygens (including phenoxy) is 1. The predicted octanol–water partition coefficient (Wildman–Crippen LogP) is 3.88. The molecule has 124 valence electrons. The maximum absolute atomic E-state index is 12.6. The molecule has 1 saturated heterocycles. The van der Waals surface area contributed by atoms with Crippen molar-refractivity contribution < 1.29 is 9.53 Å². The molecule has 0 bridgehead atoms. The molecular formula is C19H19ClN2O2. The van der Waals surface area contributed by atoms with Crippen molar-refractivity contribution in [1.29, 1.82) is 0 Å². The SMILES string of the molecule is O=C(Nc1ccccc1N1CCCC1)[C@@H]1Cc2cc(Cl)ccc2O1. The van der Waals surface area contributed by atoms with E-state index in [1.165, 1.54) is 12.8 Å². The second-order valence-corrected chi connectivity index (χ2v) is 6.70. The molecule has 4 nitrogen and oxygen atoms in total. The standard InChI is InChI=1S/C19H19ClN2O2/c20-14-7-8-17-13(11-14)12-18(24-17)19(23)21-15-5-1-2-6-16(15)22-9-3-4-10-22/h1-2,5-8,11,18H,3-4,9-10,12H2,(H,21,23)/t18-/m0/s1. The summed E-state index contributed by atoms with van der Waals surface area (Å²) in [5, 5.41) is 3.70. The highest BCUT2D eigenvalue weighted by Crippen LogP contribution is 2.33. The van der Waals surface area contributed by atoms with Crippen LogP contribution in [0.2, 0.25) is 5.02 Å². The lowest BCUT2D eigenvalue weighted by molar-refractivity contribution is -0.122. The summed E-state index contributed by atoms with van der Waals surface area (Å²) in [7, 11) is 0. The lowest BCUT2D eigenvalue weighted by atomic mass is 10.1. The van der Waals surface area contributed by atoms with Gasteiger partial charge in [-0.15, -0.1) is 0 Å². The van der Waals surface area contributed by atoms with Gasteiger partial charge < -0.3 is 15.0 Å². The van der Waals surface area contributed by atoms with E-state index in [1.807, 2.05) is 30.3 Å². The summed E-state index contributed by atoms with van der Waals surface area (Å²) in [6, 6.07) is 13.4. The van der Waals surface area contributed by atoms with Crippen LogP contribution in [-0.2, 0) is 11.2 Å². The molecule has 2 aliphatic rings. The number of anilines is 2. The monoisotopic (exact) mass is 342 g/mol. The van der Waals surface area contributed by atoms with Gasteiger partial charge in [-0.25, -0.2) is 0 Å². The molecule has 2 aromatic rings. The lowest BCUT2D eigenvalue weighted by Crippen LogP contribution is -2.32. The Kier molecular flexibility index (Phi) is 4.07. The first-order valence-corrected chi connectivity index (χ1v) is 8.68. The van der Waals surface area contributed by atoms with Crippen LogP contribution >= 0.6 is 11.6 Å². The molecule has 0 aliphatic carbocycles. The van der Waals surface area contributed by atoms with Crippen LogP contribution in [0.25, 0.3) is 0 Å². The van der Waals surface area contributed by atoms with Gasteiger partial charge in [-0.1, -0.05) is 23.7 Å². The molecule has 2 heterocycles. The molecule has 1 N–H and O–H groups in total. The van der Waals surface area contributed by atoms with E-state index in [4.69, 9.17) is 16.3 Å². The normalized spacial score (nSPS) is 19.0. The average Bonchev–Trinajstić information content (AvgIpc) is 3.24. The number of hydrogen-bond acceptors (Lipinski definition) is 3. The molecule has 24 heavy (non-hydrogen) atoms. The molecule has 4 rings (SSSR count). The Labute approximate surface area is 146 Å². The number of nitrogens with one attached hydrogen (secondary N) is 1. The van der Waals surface area contributed by atoms with Crippen LogP contribution in [0.4, 0.5) is 11.4 Å². The molecule has 2 aromatic carbocycles. The van der Waals surface area contributed by atoms with E-state index in [1.54, 1.807) is 6.07 Å². The Hall–Kier alpha value is -2.20. The highest BCUT2D eigenvalue weighted by molar-refractivity contribution is 6.30. The van der Waals surface area contributed by atoms with Crippen LogP contribution in [0.15, 0.2) is 42.5 Å². The van der Waals surface area contributed by atoms with Crippen molar-refractivity contribution in [2.24, 2.45) is 0 Å². The number of amides is 1. The largest absolute Gasteiger partial charge is 0.480 e. The fourth-order valence-corrected chi connectivity index (χ4v) is 3.58. The van der Waals surface area contributed by atoms with E-state index in [0.29, 0.717) is 11.4 Å². The van der Waals surface area contributed by atoms with Crippen molar-refractivity contribution in [3.05, 3.63) is 53.1 Å². The number of hydrogen-bond donors (Lipinski definition) is 1. The molecule has 1 fully saturated rings. The van der Waals surface area contributed by atoms with Crippen molar-refractivity contribution in [3.63, 3.8) is 0 Å². The molecule has 0 unspecified atom stereocenters. The van der Waals surface area contributed by atoms with E-state index in [0.717, 1.165) is 35.8 Å². The third-order valence-corrected chi connectivity index (χ3v) is 4.83. The first-order chi connectivity index (χ1) is 11.7. The number of carbonyl (C=O) groups excluding carboxylic acids is 1. The van der Waals surface area contributed by atoms with Crippen LogP contribution < -0.4 is 15.0 Å². The number of benzene rings is 2. The van der Waals surface area contributed by atoms with Gasteiger partial charge in [0, 0.05) is 24.5 Å². The molecule has 1 atom stereocenters. The van der Waals surface area contributed by atoms with Crippen molar-refractivity contribution in [3.8, 4) is 5.75 Å². The molecule has 0 spiro atoms. The minimum Gasteiger partial charge on any atom is -0.480 e. The highest BCUT2D eigenvalue weighted by atomic mass is 35.5. The quantitative estimate of drug-likeness (QED) is 0.920. The summed E-state index contributed by atoms with van der Waals surface area (Å²) in [4.78, 5) is 15.0. The molecule has 0 radical (unpaired) electrons. The average molecular weight is 343 g/mol. The molecule has 2 aliphatic heterocycles. The highest BCUT2D eigenvalue weighted by Gasteiger charge is 2.30. The van der Waals surface area contributed by atoms with Crippen LogP contribution in [0.5, 0.6) is 5.75 Å². The third kappa shape index (κ3) is 2.94. The van der Waals surface area contributed by atoms with Gasteiger partial charge in [-0.2, -0.15) is 0 Å². The van der Waals surface area contributed by atoms with Crippen LogP contribution in [-0.4, -0.2) is 25.1 Å². The fourth-order valence-electron chi connectivity index (χ4n) is 3.39. The second kappa shape index (κ2) is 6.36. The zero-order valence-electron chi connectivity index (χ0n) is 13.3. The van der Waals surface area contributed by atoms with Gasteiger partial charge in [0.1, 0.15) is 5.75 Å². The molecule has 1 amide bonds. The fraction of sp³-hybridized carbons (Fsp3) is 0.316. The Morgan fingerprint density at radius 3 is 2.79 bits per heavy atom. The summed E-state index contributed by atoms with van der Waals surface area (Å²) in [6.45, 7) is 2.08. The van der Waals surface area contributed by atoms with E-state index in [2.05, 4.69) is 16.3 Å². The maximum atomic E-state index is 12.6.